The highest BCUT2D eigenvalue weighted by Crippen LogP contribution is 2.25. The highest BCUT2D eigenvalue weighted by Gasteiger charge is 2.12. The van der Waals surface area contributed by atoms with Crippen molar-refractivity contribution in [1.82, 2.24) is 5.43 Å². The van der Waals surface area contributed by atoms with Gasteiger partial charge in [-0.25, -0.2) is 4.39 Å². The Bertz CT molecular complexity index is 610. The van der Waals surface area contributed by atoms with Crippen molar-refractivity contribution in [2.75, 3.05) is 5.75 Å². The minimum atomic E-state index is -0.220. The molecule has 2 rings (SSSR count). The van der Waals surface area contributed by atoms with Gasteiger partial charge in [-0.3, -0.25) is 11.3 Å². The zero-order valence-electron chi connectivity index (χ0n) is 11.2. The molecule has 2 aromatic carbocycles. The van der Waals surface area contributed by atoms with Gasteiger partial charge in [0.05, 0.1) is 0 Å². The van der Waals surface area contributed by atoms with Gasteiger partial charge < -0.3 is 0 Å². The van der Waals surface area contributed by atoms with Gasteiger partial charge in [-0.05, 0) is 36.2 Å². The van der Waals surface area contributed by atoms with Crippen molar-refractivity contribution in [1.29, 1.82) is 0 Å². The second kappa shape index (κ2) is 8.01. The predicted octanol–water partition coefficient (Wildman–Crippen LogP) is 4.30. The lowest BCUT2D eigenvalue weighted by atomic mass is 10.1. The van der Waals surface area contributed by atoms with Gasteiger partial charge in [0.2, 0.25) is 0 Å². The van der Waals surface area contributed by atoms with Crippen molar-refractivity contribution in [2.45, 2.75) is 17.4 Å². The molecule has 6 heteroatoms. The Hall–Kier alpha value is -0.780. The number of hydrazine groups is 1. The fourth-order valence-corrected chi connectivity index (χ4v) is 3.33. The number of halogens is 3. The summed E-state index contributed by atoms with van der Waals surface area (Å²) in [7, 11) is 0. The molecular formula is C15H15Cl2FN2S. The Kier molecular flexibility index (Phi) is 6.33. The third-order valence-electron chi connectivity index (χ3n) is 2.99. The molecule has 0 saturated heterocycles. The first kappa shape index (κ1) is 16.6. The van der Waals surface area contributed by atoms with Gasteiger partial charge in [0, 0.05) is 26.7 Å². The molecule has 1 atom stereocenters. The van der Waals surface area contributed by atoms with Crippen LogP contribution < -0.4 is 11.3 Å². The number of hydrogen-bond acceptors (Lipinski definition) is 3. The Labute approximate surface area is 137 Å². The number of hydrogen-bond donors (Lipinski definition) is 2. The van der Waals surface area contributed by atoms with Gasteiger partial charge >= 0.3 is 0 Å². The van der Waals surface area contributed by atoms with Gasteiger partial charge in [0.1, 0.15) is 5.82 Å². The molecule has 0 bridgehead atoms. The summed E-state index contributed by atoms with van der Waals surface area (Å²) in [6, 6.07) is 12.0. The lowest BCUT2D eigenvalue weighted by Crippen LogP contribution is -2.38. The molecule has 2 nitrogen and oxygen atoms in total. The second-order valence-corrected chi connectivity index (χ2v) is 6.45. The number of thioether (sulfide) groups is 1. The molecule has 21 heavy (non-hydrogen) atoms. The van der Waals surface area contributed by atoms with Crippen molar-refractivity contribution >= 4 is 35.0 Å². The molecule has 0 amide bonds. The maximum atomic E-state index is 13.6. The molecule has 0 aliphatic carbocycles. The molecule has 0 aliphatic heterocycles. The summed E-state index contributed by atoms with van der Waals surface area (Å²) in [6.07, 6.45) is 0.647. The van der Waals surface area contributed by atoms with Gasteiger partial charge in [0.25, 0.3) is 0 Å². The van der Waals surface area contributed by atoms with Gasteiger partial charge in [-0.2, -0.15) is 0 Å². The van der Waals surface area contributed by atoms with E-state index in [1.165, 1.54) is 17.8 Å². The summed E-state index contributed by atoms with van der Waals surface area (Å²) in [5, 5.41) is 1.21. The number of nitrogens with one attached hydrogen (secondary N) is 1. The van der Waals surface area contributed by atoms with E-state index in [9.17, 15) is 4.39 Å². The molecular weight excluding hydrogens is 330 g/mol. The average Bonchev–Trinajstić information content (AvgIpc) is 2.47. The third-order valence-corrected chi connectivity index (χ3v) is 4.79. The van der Waals surface area contributed by atoms with Crippen LogP contribution in [0, 0.1) is 5.82 Å². The first-order valence-electron chi connectivity index (χ1n) is 6.37. The normalized spacial score (nSPS) is 12.4. The largest absolute Gasteiger partial charge is 0.271 e. The van der Waals surface area contributed by atoms with Gasteiger partial charge in [-0.15, -0.1) is 11.8 Å². The molecule has 0 aromatic heterocycles. The maximum Gasteiger partial charge on any atom is 0.136 e. The Morgan fingerprint density at radius 3 is 2.62 bits per heavy atom. The molecule has 2 aromatic rings. The zero-order valence-corrected chi connectivity index (χ0v) is 13.5. The smallest absolute Gasteiger partial charge is 0.136 e. The van der Waals surface area contributed by atoms with Crippen LogP contribution in [0.1, 0.15) is 5.56 Å². The molecule has 0 fully saturated rings. The second-order valence-electron chi connectivity index (χ2n) is 4.54. The van der Waals surface area contributed by atoms with Crippen molar-refractivity contribution in [3.8, 4) is 0 Å². The molecule has 0 radical (unpaired) electrons. The van der Waals surface area contributed by atoms with E-state index in [2.05, 4.69) is 5.43 Å². The van der Waals surface area contributed by atoms with Crippen LogP contribution in [-0.2, 0) is 6.42 Å². The molecule has 112 valence electrons. The Morgan fingerprint density at radius 1 is 1.19 bits per heavy atom. The molecule has 1 unspecified atom stereocenters. The van der Waals surface area contributed by atoms with E-state index < -0.39 is 0 Å². The van der Waals surface area contributed by atoms with Gasteiger partial charge in [0.15, 0.2) is 0 Å². The van der Waals surface area contributed by atoms with Crippen LogP contribution in [0.3, 0.4) is 0 Å². The van der Waals surface area contributed by atoms with Crippen LogP contribution in [0.5, 0.6) is 0 Å². The first-order chi connectivity index (χ1) is 10.1. The molecule has 0 saturated carbocycles. The van der Waals surface area contributed by atoms with Crippen molar-refractivity contribution in [3.05, 3.63) is 63.9 Å². The lowest BCUT2D eigenvalue weighted by molar-refractivity contribution is 0.573. The minimum Gasteiger partial charge on any atom is -0.271 e. The monoisotopic (exact) mass is 344 g/mol. The lowest BCUT2D eigenvalue weighted by Gasteiger charge is -2.16. The third kappa shape index (κ3) is 4.87. The molecule has 0 heterocycles. The standard InChI is InChI=1S/C15H15Cl2FN2S/c16-11-6-5-10(13(17)8-11)7-12(20-19)9-21-15-4-2-1-3-14(15)18/h1-6,8,12,20H,7,9,19H2. The predicted molar refractivity (Wildman–Crippen MR) is 88.4 cm³/mol. The summed E-state index contributed by atoms with van der Waals surface area (Å²) in [4.78, 5) is 0.611. The van der Waals surface area contributed by atoms with E-state index in [1.807, 2.05) is 12.1 Å². The first-order valence-corrected chi connectivity index (χ1v) is 8.11. The highest BCUT2D eigenvalue weighted by atomic mass is 35.5. The van der Waals surface area contributed by atoms with Crippen LogP contribution in [-0.4, -0.2) is 11.8 Å². The number of nitrogens with two attached hydrogens (primary N) is 1. The maximum absolute atomic E-state index is 13.6. The van der Waals surface area contributed by atoms with Gasteiger partial charge in [-0.1, -0.05) is 41.4 Å². The Balaban J connectivity index is 1.99. The summed E-state index contributed by atoms with van der Waals surface area (Å²) in [5.41, 5.74) is 3.70. The minimum absolute atomic E-state index is 0.0201. The van der Waals surface area contributed by atoms with E-state index in [4.69, 9.17) is 29.0 Å². The molecule has 0 spiro atoms. The highest BCUT2D eigenvalue weighted by molar-refractivity contribution is 7.99. The number of rotatable bonds is 6. The van der Waals surface area contributed by atoms with E-state index in [0.717, 1.165) is 5.56 Å². The van der Waals surface area contributed by atoms with Crippen molar-refractivity contribution in [3.63, 3.8) is 0 Å². The van der Waals surface area contributed by atoms with Crippen LogP contribution in [0.2, 0.25) is 10.0 Å². The quantitative estimate of drug-likeness (QED) is 0.466. The topological polar surface area (TPSA) is 38.0 Å². The summed E-state index contributed by atoms with van der Waals surface area (Å²) in [5.74, 6) is 5.99. The van der Waals surface area contributed by atoms with Crippen LogP contribution >= 0.6 is 35.0 Å². The molecule has 3 N–H and O–H groups in total. The van der Waals surface area contributed by atoms with Crippen LogP contribution in [0.15, 0.2) is 47.4 Å². The van der Waals surface area contributed by atoms with E-state index >= 15 is 0 Å². The van der Waals surface area contributed by atoms with Crippen LogP contribution in [0.25, 0.3) is 0 Å². The van der Waals surface area contributed by atoms with Crippen molar-refractivity contribution in [2.24, 2.45) is 5.84 Å². The summed E-state index contributed by atoms with van der Waals surface area (Å²) in [6.45, 7) is 0. The molecule has 0 aliphatic rings. The zero-order chi connectivity index (χ0) is 15.2. The average molecular weight is 345 g/mol. The van der Waals surface area contributed by atoms with E-state index in [1.54, 1.807) is 24.3 Å². The number of benzene rings is 2. The fraction of sp³-hybridized carbons (Fsp3) is 0.200. The SMILES string of the molecule is NNC(CSc1ccccc1F)Cc1ccc(Cl)cc1Cl. The van der Waals surface area contributed by atoms with E-state index in [0.29, 0.717) is 27.1 Å². The van der Waals surface area contributed by atoms with E-state index in [-0.39, 0.29) is 11.9 Å². The van der Waals surface area contributed by atoms with Crippen LogP contribution in [0.4, 0.5) is 4.39 Å². The Morgan fingerprint density at radius 2 is 1.95 bits per heavy atom. The fourth-order valence-electron chi connectivity index (χ4n) is 1.87. The summed E-state index contributed by atoms with van der Waals surface area (Å²) >= 11 is 13.4. The van der Waals surface area contributed by atoms with Crippen molar-refractivity contribution < 1.29 is 4.39 Å². The summed E-state index contributed by atoms with van der Waals surface area (Å²) < 4.78 is 13.6.